The highest BCUT2D eigenvalue weighted by atomic mass is 32.2. The Bertz CT molecular complexity index is 927. The van der Waals surface area contributed by atoms with Crippen LogP contribution in [0, 0.1) is 10.1 Å². The van der Waals surface area contributed by atoms with Crippen molar-refractivity contribution in [1.82, 2.24) is 4.83 Å². The molecule has 11 heteroatoms. The van der Waals surface area contributed by atoms with Crippen LogP contribution in [0.2, 0.25) is 0 Å². The number of nitrogens with zero attached hydrogens (tertiary/aromatic N) is 2. The monoisotopic (exact) mass is 427 g/mol. The molecule has 0 bridgehead atoms. The Morgan fingerprint density at radius 3 is 2.75 bits per heavy atom. The van der Waals surface area contributed by atoms with Crippen LogP contribution in [0.3, 0.4) is 0 Å². The average Bonchev–Trinajstić information content (AvgIpc) is 3.21. The summed E-state index contributed by atoms with van der Waals surface area (Å²) in [6, 6.07) is 5.79. The quantitative estimate of drug-likeness (QED) is 0.253. The summed E-state index contributed by atoms with van der Waals surface area (Å²) in [7, 11) is -2.40. The third-order valence-electron chi connectivity index (χ3n) is 3.61. The van der Waals surface area contributed by atoms with Crippen molar-refractivity contribution in [2.75, 3.05) is 13.7 Å². The molecule has 0 unspecified atom stereocenters. The van der Waals surface area contributed by atoms with Gasteiger partial charge in [-0.15, -0.1) is 11.3 Å². The van der Waals surface area contributed by atoms with E-state index in [1.165, 1.54) is 31.5 Å². The Morgan fingerprint density at radius 1 is 1.36 bits per heavy atom. The van der Waals surface area contributed by atoms with Crippen LogP contribution in [0.25, 0.3) is 0 Å². The minimum atomic E-state index is -3.77. The lowest BCUT2D eigenvalue weighted by Crippen LogP contribution is -2.17. The maximum atomic E-state index is 12.0. The van der Waals surface area contributed by atoms with Crippen LogP contribution in [0.4, 0.5) is 5.69 Å². The third kappa shape index (κ3) is 5.67. The van der Waals surface area contributed by atoms with E-state index >= 15 is 0 Å². The van der Waals surface area contributed by atoms with Crippen LogP contribution in [0.5, 0.6) is 11.5 Å². The molecule has 0 radical (unpaired) electrons. The van der Waals surface area contributed by atoms with Gasteiger partial charge in [0.15, 0.2) is 5.75 Å². The van der Waals surface area contributed by atoms with Crippen molar-refractivity contribution in [2.24, 2.45) is 5.10 Å². The number of rotatable bonds is 11. The maximum absolute atomic E-state index is 12.0. The molecule has 0 aliphatic carbocycles. The van der Waals surface area contributed by atoms with Crippen molar-refractivity contribution < 1.29 is 22.8 Å². The SMILES string of the molecule is CCCCCOc1c(OC)cc(/C=N/NS(=O)(=O)c2cccs2)cc1[N+](=O)[O-]. The van der Waals surface area contributed by atoms with Crippen LogP contribution < -0.4 is 14.3 Å². The number of nitro benzene ring substituents is 1. The van der Waals surface area contributed by atoms with Gasteiger partial charge in [0.05, 0.1) is 24.9 Å². The van der Waals surface area contributed by atoms with E-state index in [0.717, 1.165) is 30.6 Å². The molecule has 1 aromatic heterocycles. The standard InChI is InChI=1S/C17H21N3O6S2/c1-3-4-5-8-26-17-14(20(21)22)10-13(11-15(17)25-2)12-18-19-28(23,24)16-7-6-9-27-16/h6-7,9-12,19H,3-5,8H2,1-2H3/b18-12+. The first-order valence-corrected chi connectivity index (χ1v) is 10.8. The number of nitrogens with one attached hydrogen (secondary N) is 1. The highest BCUT2D eigenvalue weighted by Crippen LogP contribution is 2.38. The highest BCUT2D eigenvalue weighted by Gasteiger charge is 2.22. The molecule has 2 rings (SSSR count). The van der Waals surface area contributed by atoms with Gasteiger partial charge in [-0.3, -0.25) is 10.1 Å². The molecule has 28 heavy (non-hydrogen) atoms. The number of thiophene rings is 1. The Morgan fingerprint density at radius 2 is 2.14 bits per heavy atom. The second-order valence-electron chi connectivity index (χ2n) is 5.67. The summed E-state index contributed by atoms with van der Waals surface area (Å²) < 4.78 is 35.0. The molecule has 0 aliphatic rings. The lowest BCUT2D eigenvalue weighted by atomic mass is 10.2. The van der Waals surface area contributed by atoms with E-state index in [2.05, 4.69) is 9.93 Å². The number of nitro groups is 1. The largest absolute Gasteiger partial charge is 0.493 e. The summed E-state index contributed by atoms with van der Waals surface area (Å²) in [4.78, 5) is 12.9. The van der Waals surface area contributed by atoms with E-state index in [1.807, 2.05) is 6.92 Å². The van der Waals surface area contributed by atoms with Gasteiger partial charge in [0.2, 0.25) is 5.75 Å². The second kappa shape index (κ2) is 10.0. The Hall–Kier alpha value is -2.66. The van der Waals surface area contributed by atoms with E-state index in [-0.39, 0.29) is 21.4 Å². The van der Waals surface area contributed by atoms with E-state index in [0.29, 0.717) is 12.2 Å². The summed E-state index contributed by atoms with van der Waals surface area (Å²) in [6.45, 7) is 2.38. The normalized spacial score (nSPS) is 11.5. The Balaban J connectivity index is 2.23. The predicted molar refractivity (Wildman–Crippen MR) is 107 cm³/mol. The number of hydrazone groups is 1. The first-order chi connectivity index (χ1) is 13.4. The van der Waals surface area contributed by atoms with E-state index < -0.39 is 14.9 Å². The van der Waals surface area contributed by atoms with E-state index in [4.69, 9.17) is 9.47 Å². The lowest BCUT2D eigenvalue weighted by Gasteiger charge is -2.11. The minimum Gasteiger partial charge on any atom is -0.493 e. The zero-order valence-corrected chi connectivity index (χ0v) is 17.1. The van der Waals surface area contributed by atoms with Crippen molar-refractivity contribution in [3.63, 3.8) is 0 Å². The van der Waals surface area contributed by atoms with Crippen LogP contribution in [-0.4, -0.2) is 33.3 Å². The van der Waals surface area contributed by atoms with Crippen molar-refractivity contribution >= 4 is 33.3 Å². The topological polar surface area (TPSA) is 120 Å². The van der Waals surface area contributed by atoms with Crippen LogP contribution >= 0.6 is 11.3 Å². The molecule has 9 nitrogen and oxygen atoms in total. The van der Waals surface area contributed by atoms with Gasteiger partial charge < -0.3 is 9.47 Å². The van der Waals surface area contributed by atoms with Gasteiger partial charge in [-0.1, -0.05) is 25.8 Å². The van der Waals surface area contributed by atoms with Gasteiger partial charge in [0, 0.05) is 11.6 Å². The fourth-order valence-corrected chi connectivity index (χ4v) is 4.05. The molecule has 0 atom stereocenters. The Labute approximate surface area is 167 Å². The molecular formula is C17H21N3O6S2. The van der Waals surface area contributed by atoms with Gasteiger partial charge in [-0.25, -0.2) is 0 Å². The minimum absolute atomic E-state index is 0.0416. The zero-order valence-electron chi connectivity index (χ0n) is 15.5. The van der Waals surface area contributed by atoms with Crippen molar-refractivity contribution in [3.8, 4) is 11.5 Å². The zero-order chi connectivity index (χ0) is 20.6. The van der Waals surface area contributed by atoms with Crippen molar-refractivity contribution in [2.45, 2.75) is 30.4 Å². The van der Waals surface area contributed by atoms with Crippen molar-refractivity contribution in [3.05, 3.63) is 45.3 Å². The molecule has 0 saturated carbocycles. The molecule has 0 spiro atoms. The first-order valence-electron chi connectivity index (χ1n) is 8.46. The molecule has 0 saturated heterocycles. The number of hydrogen-bond acceptors (Lipinski definition) is 8. The smallest absolute Gasteiger partial charge is 0.315 e. The maximum Gasteiger partial charge on any atom is 0.315 e. The number of hydrogen-bond donors (Lipinski definition) is 1. The summed E-state index contributed by atoms with van der Waals surface area (Å²) >= 11 is 1.05. The summed E-state index contributed by atoms with van der Waals surface area (Å²) in [5.74, 6) is 0.216. The molecule has 2 aromatic rings. The predicted octanol–water partition coefficient (Wildman–Crippen LogP) is 3.55. The molecule has 1 aromatic carbocycles. The summed E-state index contributed by atoms with van der Waals surface area (Å²) in [5.41, 5.74) is 0.0109. The number of unbranched alkanes of at least 4 members (excludes halogenated alkanes) is 2. The molecule has 0 fully saturated rings. The van der Waals surface area contributed by atoms with Crippen LogP contribution in [0.1, 0.15) is 31.7 Å². The second-order valence-corrected chi connectivity index (χ2v) is 8.50. The molecule has 1 heterocycles. The van der Waals surface area contributed by atoms with Gasteiger partial charge in [-0.2, -0.15) is 18.4 Å². The number of methoxy groups -OCH3 is 1. The van der Waals surface area contributed by atoms with Gasteiger partial charge in [0.1, 0.15) is 4.21 Å². The van der Waals surface area contributed by atoms with Gasteiger partial charge in [0.25, 0.3) is 10.0 Å². The fourth-order valence-electron chi connectivity index (χ4n) is 2.27. The first kappa shape index (κ1) is 21.6. The molecule has 152 valence electrons. The van der Waals surface area contributed by atoms with Gasteiger partial charge >= 0.3 is 5.69 Å². The Kier molecular flexibility index (Phi) is 7.76. The average molecular weight is 428 g/mol. The fraction of sp³-hybridized carbons (Fsp3) is 0.353. The summed E-state index contributed by atoms with van der Waals surface area (Å²) in [5, 5.41) is 16.8. The van der Waals surface area contributed by atoms with Gasteiger partial charge in [-0.05, 0) is 23.9 Å². The van der Waals surface area contributed by atoms with Crippen LogP contribution in [0.15, 0.2) is 39.0 Å². The highest BCUT2D eigenvalue weighted by molar-refractivity contribution is 7.91. The van der Waals surface area contributed by atoms with Crippen molar-refractivity contribution in [1.29, 1.82) is 0 Å². The molecule has 0 aliphatic heterocycles. The van der Waals surface area contributed by atoms with E-state index in [1.54, 1.807) is 11.4 Å². The number of benzene rings is 1. The van der Waals surface area contributed by atoms with Crippen LogP contribution in [-0.2, 0) is 10.0 Å². The third-order valence-corrected chi connectivity index (χ3v) is 6.24. The molecular weight excluding hydrogens is 406 g/mol. The number of sulfonamides is 1. The lowest BCUT2D eigenvalue weighted by molar-refractivity contribution is -0.386. The molecule has 0 amide bonds. The van der Waals surface area contributed by atoms with E-state index in [9.17, 15) is 18.5 Å². The molecule has 1 N–H and O–H groups in total. The summed E-state index contributed by atoms with van der Waals surface area (Å²) in [6.07, 6.45) is 3.89. The number of ether oxygens (including phenoxy) is 2.